The quantitative estimate of drug-likeness (QED) is 0.564. The molecule has 0 aliphatic carbocycles. The lowest BCUT2D eigenvalue weighted by Crippen LogP contribution is -2.07. The van der Waals surface area contributed by atoms with Crippen LogP contribution in [0.25, 0.3) is 0 Å². The van der Waals surface area contributed by atoms with Crippen molar-refractivity contribution in [2.24, 2.45) is 0 Å². The van der Waals surface area contributed by atoms with E-state index in [9.17, 15) is 4.57 Å². The van der Waals surface area contributed by atoms with Crippen LogP contribution in [0, 0.1) is 0 Å². The molecule has 3 nitrogen and oxygen atoms in total. The zero-order valence-electron chi connectivity index (χ0n) is 10.1. The molecule has 0 aliphatic rings. The Morgan fingerprint density at radius 1 is 1.19 bits per heavy atom. The van der Waals surface area contributed by atoms with Crippen molar-refractivity contribution in [2.75, 3.05) is 19.4 Å². The summed E-state index contributed by atoms with van der Waals surface area (Å²) in [5.74, 6) is 0. The topological polar surface area (TPSA) is 35.5 Å². The van der Waals surface area contributed by atoms with E-state index in [-0.39, 0.29) is 0 Å². The molecule has 0 bridgehead atoms. The Hall–Kier alpha value is -0.630. The molecule has 0 aliphatic heterocycles. The predicted molar refractivity (Wildman–Crippen MR) is 66.0 cm³/mol. The van der Waals surface area contributed by atoms with Crippen LogP contribution < -0.4 is 0 Å². The molecule has 0 saturated heterocycles. The summed E-state index contributed by atoms with van der Waals surface area (Å²) in [6.45, 7) is 3.75. The fourth-order valence-corrected chi connectivity index (χ4v) is 2.70. The van der Waals surface area contributed by atoms with E-state index < -0.39 is 13.7 Å². The fraction of sp³-hybridized carbons (Fsp3) is 0.500. The number of rotatable bonds is 6. The molecule has 0 fully saturated rings. The number of ether oxygens (including phenoxy) is 1. The van der Waals surface area contributed by atoms with E-state index in [1.165, 1.54) is 0 Å². The molecular formula is C12H19O3P. The maximum Gasteiger partial charge on any atom is 0.205 e. The number of hydrogen-bond donors (Lipinski definition) is 0. The summed E-state index contributed by atoms with van der Waals surface area (Å²) in [5.41, 5.74) is 0.895. The van der Waals surface area contributed by atoms with Crippen molar-refractivity contribution in [3.8, 4) is 0 Å². The van der Waals surface area contributed by atoms with Crippen LogP contribution in [0.15, 0.2) is 30.3 Å². The summed E-state index contributed by atoms with van der Waals surface area (Å²) >= 11 is 0. The molecule has 90 valence electrons. The van der Waals surface area contributed by atoms with E-state index in [1.54, 1.807) is 7.11 Å². The molecule has 0 radical (unpaired) electrons. The minimum Gasteiger partial charge on any atom is -0.351 e. The van der Waals surface area contributed by atoms with Gasteiger partial charge < -0.3 is 4.74 Å². The van der Waals surface area contributed by atoms with E-state index in [2.05, 4.69) is 0 Å². The second-order valence-corrected chi connectivity index (χ2v) is 6.64. The first kappa shape index (κ1) is 13.4. The summed E-state index contributed by atoms with van der Waals surface area (Å²) in [6, 6.07) is 9.56. The third-order valence-electron chi connectivity index (χ3n) is 2.54. The first-order chi connectivity index (χ1) is 7.65. The van der Waals surface area contributed by atoms with Crippen LogP contribution >= 0.6 is 7.37 Å². The van der Waals surface area contributed by atoms with E-state index in [0.717, 1.165) is 5.56 Å². The van der Waals surface area contributed by atoms with Gasteiger partial charge in [-0.2, -0.15) is 0 Å². The van der Waals surface area contributed by atoms with Crippen LogP contribution in [-0.4, -0.2) is 19.4 Å². The van der Waals surface area contributed by atoms with Crippen molar-refractivity contribution < 1.29 is 13.8 Å². The van der Waals surface area contributed by atoms with Gasteiger partial charge in [-0.1, -0.05) is 44.2 Å². The molecule has 1 unspecified atom stereocenters. The molecule has 1 aromatic carbocycles. The first-order valence-electron chi connectivity index (χ1n) is 5.49. The molecule has 1 atom stereocenters. The molecule has 0 spiro atoms. The summed E-state index contributed by atoms with van der Waals surface area (Å²) in [5, 5.41) is 0. The predicted octanol–water partition coefficient (Wildman–Crippen LogP) is 3.67. The minimum atomic E-state index is -2.54. The molecule has 1 rings (SSSR count). The van der Waals surface area contributed by atoms with Gasteiger partial charge in [-0.05, 0) is 0 Å². The van der Waals surface area contributed by atoms with E-state index >= 15 is 0 Å². The van der Waals surface area contributed by atoms with Gasteiger partial charge in [0.05, 0.1) is 0 Å². The van der Waals surface area contributed by atoms with Gasteiger partial charge in [0.2, 0.25) is 7.37 Å². The van der Waals surface area contributed by atoms with Gasteiger partial charge >= 0.3 is 0 Å². The van der Waals surface area contributed by atoms with Crippen LogP contribution in [0.3, 0.4) is 0 Å². The number of hydrogen-bond acceptors (Lipinski definition) is 3. The Morgan fingerprint density at radius 3 is 2.19 bits per heavy atom. The number of benzene rings is 1. The average molecular weight is 242 g/mol. The van der Waals surface area contributed by atoms with Gasteiger partial charge in [-0.3, -0.25) is 9.09 Å². The smallest absolute Gasteiger partial charge is 0.205 e. The lowest BCUT2D eigenvalue weighted by atomic mass is 10.2. The largest absolute Gasteiger partial charge is 0.351 e. The van der Waals surface area contributed by atoms with Gasteiger partial charge in [0.15, 0.2) is 6.29 Å². The highest BCUT2D eigenvalue weighted by molar-refractivity contribution is 7.58. The van der Waals surface area contributed by atoms with Gasteiger partial charge in [0.25, 0.3) is 0 Å². The van der Waals surface area contributed by atoms with Crippen molar-refractivity contribution in [3.63, 3.8) is 0 Å². The third-order valence-corrected chi connectivity index (χ3v) is 5.04. The molecule has 16 heavy (non-hydrogen) atoms. The third kappa shape index (κ3) is 3.44. The Balaban J connectivity index is 2.81. The van der Waals surface area contributed by atoms with Gasteiger partial charge in [-0.25, -0.2) is 0 Å². The molecule has 0 amide bonds. The summed E-state index contributed by atoms with van der Waals surface area (Å²) in [4.78, 5) is 0. The highest BCUT2D eigenvalue weighted by Crippen LogP contribution is 2.50. The Morgan fingerprint density at radius 2 is 1.75 bits per heavy atom. The fourth-order valence-electron chi connectivity index (χ4n) is 1.40. The summed E-state index contributed by atoms with van der Waals surface area (Å²) in [6.07, 6.45) is 0.541. The van der Waals surface area contributed by atoms with Crippen molar-refractivity contribution in [1.29, 1.82) is 0 Å². The van der Waals surface area contributed by atoms with Gasteiger partial charge in [0.1, 0.15) is 0 Å². The van der Waals surface area contributed by atoms with Crippen LogP contribution in [0.2, 0.25) is 0 Å². The van der Waals surface area contributed by atoms with Crippen LogP contribution in [0.4, 0.5) is 0 Å². The summed E-state index contributed by atoms with van der Waals surface area (Å²) < 4.78 is 23.0. The Bertz CT molecular complexity index is 343. The molecule has 0 heterocycles. The monoisotopic (exact) mass is 242 g/mol. The van der Waals surface area contributed by atoms with Crippen molar-refractivity contribution in [2.45, 2.75) is 20.1 Å². The SMILES string of the molecule is CCP(=O)(CC)OC(OC)c1ccccc1. The van der Waals surface area contributed by atoms with Crippen LogP contribution in [-0.2, 0) is 13.8 Å². The van der Waals surface area contributed by atoms with E-state index in [4.69, 9.17) is 9.26 Å². The number of methoxy groups -OCH3 is 1. The second-order valence-electron chi connectivity index (χ2n) is 3.53. The Kier molecular flexibility index (Phi) is 5.20. The first-order valence-corrected chi connectivity index (χ1v) is 7.49. The normalized spacial score (nSPS) is 13.7. The van der Waals surface area contributed by atoms with Gasteiger partial charge in [0, 0.05) is 25.0 Å². The average Bonchev–Trinajstić information content (AvgIpc) is 2.36. The van der Waals surface area contributed by atoms with Crippen molar-refractivity contribution in [1.82, 2.24) is 0 Å². The van der Waals surface area contributed by atoms with E-state index in [1.807, 2.05) is 44.2 Å². The van der Waals surface area contributed by atoms with Gasteiger partial charge in [-0.15, -0.1) is 0 Å². The molecular weight excluding hydrogens is 223 g/mol. The van der Waals surface area contributed by atoms with E-state index in [0.29, 0.717) is 12.3 Å². The highest BCUT2D eigenvalue weighted by Gasteiger charge is 2.24. The molecule has 0 N–H and O–H groups in total. The maximum absolute atomic E-state index is 12.2. The summed E-state index contributed by atoms with van der Waals surface area (Å²) in [7, 11) is -0.981. The van der Waals surface area contributed by atoms with Crippen molar-refractivity contribution in [3.05, 3.63) is 35.9 Å². The molecule has 0 saturated carbocycles. The molecule has 4 heteroatoms. The molecule has 1 aromatic rings. The standard InChI is InChI=1S/C12H19O3P/c1-4-16(13,5-2)15-12(14-3)11-9-7-6-8-10-11/h6-10,12H,4-5H2,1-3H3. The van der Waals surface area contributed by atoms with Crippen LogP contribution in [0.1, 0.15) is 25.7 Å². The minimum absolute atomic E-state index is 0.535. The lowest BCUT2D eigenvalue weighted by Gasteiger charge is -2.22. The van der Waals surface area contributed by atoms with Crippen LogP contribution in [0.5, 0.6) is 0 Å². The zero-order valence-corrected chi connectivity index (χ0v) is 10.9. The highest BCUT2D eigenvalue weighted by atomic mass is 31.2. The zero-order chi connectivity index (χ0) is 12.0. The molecule has 0 aromatic heterocycles. The maximum atomic E-state index is 12.2. The second kappa shape index (κ2) is 6.19. The Labute approximate surface area is 97.2 Å². The van der Waals surface area contributed by atoms with Crippen molar-refractivity contribution >= 4 is 7.37 Å². The lowest BCUT2D eigenvalue weighted by molar-refractivity contribution is -0.0543.